The summed E-state index contributed by atoms with van der Waals surface area (Å²) in [5.74, 6) is -0.290. The van der Waals surface area contributed by atoms with E-state index in [4.69, 9.17) is 5.41 Å². The normalized spacial score (nSPS) is 11.6. The molecule has 0 unspecified atom stereocenters. The summed E-state index contributed by atoms with van der Waals surface area (Å²) >= 11 is 0. The summed E-state index contributed by atoms with van der Waals surface area (Å²) in [5, 5.41) is 24.7. The third kappa shape index (κ3) is 4.63. The molecule has 0 bridgehead atoms. The van der Waals surface area contributed by atoms with Crippen LogP contribution in [0.2, 0.25) is 0 Å². The number of rotatable bonds is 8. The zero-order valence-corrected chi connectivity index (χ0v) is 18.5. The van der Waals surface area contributed by atoms with Crippen molar-refractivity contribution in [2.24, 2.45) is 0 Å². The summed E-state index contributed by atoms with van der Waals surface area (Å²) in [5.41, 5.74) is 3.29. The van der Waals surface area contributed by atoms with Crippen LogP contribution in [-0.2, 0) is 0 Å². The number of hydrogen-bond acceptors (Lipinski definition) is 8. The Balaban J connectivity index is 1.61. The quantitative estimate of drug-likeness (QED) is 0.343. The number of anilines is 2. The fourth-order valence-electron chi connectivity index (χ4n) is 3.58. The highest BCUT2D eigenvalue weighted by Crippen LogP contribution is 2.28. The highest BCUT2D eigenvalue weighted by molar-refractivity contribution is 6.05. The number of hydrogen-bond donors (Lipinski definition) is 3. The summed E-state index contributed by atoms with van der Waals surface area (Å²) in [6, 6.07) is 9.25. The van der Waals surface area contributed by atoms with Crippen LogP contribution in [0.5, 0.6) is 0 Å². The minimum atomic E-state index is -0.369. The highest BCUT2D eigenvalue weighted by atomic mass is 19.1. The van der Waals surface area contributed by atoms with Gasteiger partial charge in [0, 0.05) is 36.9 Å². The lowest BCUT2D eigenvalue weighted by Gasteiger charge is -2.23. The highest BCUT2D eigenvalue weighted by Gasteiger charge is 2.21. The summed E-state index contributed by atoms with van der Waals surface area (Å²) < 4.78 is 13.3. The van der Waals surface area contributed by atoms with Gasteiger partial charge in [0.2, 0.25) is 0 Å². The van der Waals surface area contributed by atoms with Crippen LogP contribution >= 0.6 is 0 Å². The molecule has 10 nitrogen and oxygen atoms in total. The van der Waals surface area contributed by atoms with E-state index >= 15 is 0 Å². The molecule has 0 aliphatic heterocycles. The average molecular weight is 459 g/mol. The summed E-state index contributed by atoms with van der Waals surface area (Å²) in [6.45, 7) is 1.95. The van der Waals surface area contributed by atoms with Crippen LogP contribution in [0.15, 0.2) is 55.0 Å². The van der Waals surface area contributed by atoms with E-state index in [1.165, 1.54) is 18.3 Å². The van der Waals surface area contributed by atoms with E-state index in [1.54, 1.807) is 36.5 Å². The third-order valence-electron chi connectivity index (χ3n) is 5.42. The van der Waals surface area contributed by atoms with Crippen LogP contribution in [0.3, 0.4) is 0 Å². The monoisotopic (exact) mass is 459 g/mol. The number of nitrogens with one attached hydrogen (secondary N) is 3. The van der Waals surface area contributed by atoms with E-state index in [2.05, 4.69) is 35.9 Å². The standard InChI is InChI=1S/C23H22FN9O/c1-3-19(14-8-9-27-20(10-14)22-29-31-32-30-22)28-23(34)18-12-26-13-21(17(18)11-25)33(2)16-6-4-15(24)5-7-16/h4-13,19,25H,3H2,1-2H3,(H,28,34)(H,29,30,31,32)/t19-/m0/s1. The number of H-pyrrole nitrogens is 1. The van der Waals surface area contributed by atoms with Crippen LogP contribution in [0.25, 0.3) is 11.5 Å². The van der Waals surface area contributed by atoms with Gasteiger partial charge in [-0.15, -0.1) is 5.10 Å². The molecule has 0 fully saturated rings. The number of aromatic nitrogens is 6. The van der Waals surface area contributed by atoms with Crippen LogP contribution in [-0.4, -0.2) is 49.8 Å². The number of aromatic amines is 1. The SMILES string of the molecule is CC[C@H](NC(=O)c1cncc(N(C)c2ccc(F)cc2)c1C=N)c1ccnc(-c2nnn[nH]2)c1. The van der Waals surface area contributed by atoms with E-state index in [0.717, 1.165) is 11.8 Å². The second-order valence-electron chi connectivity index (χ2n) is 7.46. The largest absolute Gasteiger partial charge is 0.345 e. The van der Waals surface area contributed by atoms with Gasteiger partial charge in [0.15, 0.2) is 5.82 Å². The molecule has 0 aliphatic rings. The Labute approximate surface area is 194 Å². The molecule has 0 radical (unpaired) electrons. The Kier molecular flexibility index (Phi) is 6.62. The van der Waals surface area contributed by atoms with E-state index in [9.17, 15) is 9.18 Å². The molecule has 0 aliphatic carbocycles. The van der Waals surface area contributed by atoms with Crippen molar-refractivity contribution in [1.29, 1.82) is 5.41 Å². The number of amides is 1. The van der Waals surface area contributed by atoms with Crippen molar-refractivity contribution in [2.75, 3.05) is 11.9 Å². The molecule has 1 amide bonds. The summed E-state index contributed by atoms with van der Waals surface area (Å²) in [6.07, 6.45) is 6.37. The van der Waals surface area contributed by atoms with Crippen LogP contribution in [0, 0.1) is 11.2 Å². The predicted octanol–water partition coefficient (Wildman–Crippen LogP) is 3.44. The van der Waals surface area contributed by atoms with Gasteiger partial charge in [0.05, 0.1) is 23.5 Å². The van der Waals surface area contributed by atoms with Crippen molar-refractivity contribution < 1.29 is 9.18 Å². The fourth-order valence-corrected chi connectivity index (χ4v) is 3.58. The number of carbonyl (C=O) groups is 1. The molecule has 3 heterocycles. The maximum absolute atomic E-state index is 13.3. The Hall–Kier alpha value is -4.54. The first-order valence-electron chi connectivity index (χ1n) is 10.5. The van der Waals surface area contributed by atoms with Crippen molar-refractivity contribution in [3.63, 3.8) is 0 Å². The number of halogens is 1. The lowest BCUT2D eigenvalue weighted by Crippen LogP contribution is -2.29. The zero-order chi connectivity index (χ0) is 24.1. The third-order valence-corrected chi connectivity index (χ3v) is 5.42. The van der Waals surface area contributed by atoms with Crippen molar-refractivity contribution in [3.8, 4) is 11.5 Å². The first kappa shape index (κ1) is 22.6. The molecule has 0 saturated heterocycles. The molecule has 4 aromatic rings. The number of nitrogens with zero attached hydrogens (tertiary/aromatic N) is 6. The van der Waals surface area contributed by atoms with Crippen molar-refractivity contribution in [1.82, 2.24) is 35.9 Å². The van der Waals surface area contributed by atoms with Gasteiger partial charge in [-0.1, -0.05) is 6.92 Å². The second-order valence-corrected chi connectivity index (χ2v) is 7.46. The van der Waals surface area contributed by atoms with Gasteiger partial charge in [-0.2, -0.15) is 0 Å². The molecule has 0 saturated carbocycles. The molecule has 172 valence electrons. The van der Waals surface area contributed by atoms with Crippen molar-refractivity contribution in [2.45, 2.75) is 19.4 Å². The molecule has 11 heteroatoms. The molecule has 1 aromatic carbocycles. The first-order chi connectivity index (χ1) is 16.5. The minimum Gasteiger partial charge on any atom is -0.345 e. The smallest absolute Gasteiger partial charge is 0.254 e. The molecule has 0 spiro atoms. The maximum atomic E-state index is 13.3. The zero-order valence-electron chi connectivity index (χ0n) is 18.5. The topological polar surface area (TPSA) is 136 Å². The van der Waals surface area contributed by atoms with Gasteiger partial charge in [-0.25, -0.2) is 9.49 Å². The van der Waals surface area contributed by atoms with Gasteiger partial charge in [0.25, 0.3) is 5.91 Å². The Morgan fingerprint density at radius 1 is 1.26 bits per heavy atom. The average Bonchev–Trinajstić information content (AvgIpc) is 3.42. The lowest BCUT2D eigenvalue weighted by atomic mass is 10.0. The molecular weight excluding hydrogens is 437 g/mol. The van der Waals surface area contributed by atoms with E-state index in [1.807, 2.05) is 19.1 Å². The summed E-state index contributed by atoms with van der Waals surface area (Å²) in [7, 11) is 1.77. The molecule has 1 atom stereocenters. The number of tetrazole rings is 1. The van der Waals surface area contributed by atoms with Gasteiger partial charge < -0.3 is 15.6 Å². The maximum Gasteiger partial charge on any atom is 0.254 e. The van der Waals surface area contributed by atoms with Crippen molar-refractivity contribution >= 4 is 23.5 Å². The van der Waals surface area contributed by atoms with Crippen LogP contribution in [0.1, 0.15) is 40.9 Å². The lowest BCUT2D eigenvalue weighted by molar-refractivity contribution is 0.0935. The van der Waals surface area contributed by atoms with Gasteiger partial charge in [-0.05, 0) is 58.8 Å². The Morgan fingerprint density at radius 2 is 2.06 bits per heavy atom. The molecular formula is C23H22FN9O. The number of benzene rings is 1. The second kappa shape index (κ2) is 9.94. The summed E-state index contributed by atoms with van der Waals surface area (Å²) in [4.78, 5) is 23.5. The van der Waals surface area contributed by atoms with Crippen molar-refractivity contribution in [3.05, 3.63) is 77.5 Å². The molecule has 3 N–H and O–H groups in total. The van der Waals surface area contributed by atoms with Gasteiger partial charge in [0.1, 0.15) is 11.5 Å². The Morgan fingerprint density at radius 3 is 2.74 bits per heavy atom. The molecule has 34 heavy (non-hydrogen) atoms. The predicted molar refractivity (Wildman–Crippen MR) is 124 cm³/mol. The van der Waals surface area contributed by atoms with Gasteiger partial charge in [-0.3, -0.25) is 14.8 Å². The molecule has 3 aromatic heterocycles. The van der Waals surface area contributed by atoms with E-state index < -0.39 is 0 Å². The van der Waals surface area contributed by atoms with E-state index in [-0.39, 0.29) is 23.3 Å². The van der Waals surface area contributed by atoms with E-state index in [0.29, 0.717) is 34.9 Å². The number of carbonyl (C=O) groups excluding carboxylic acids is 1. The molecule has 4 rings (SSSR count). The van der Waals surface area contributed by atoms with Crippen LogP contribution < -0.4 is 10.2 Å². The minimum absolute atomic E-state index is 0.258. The fraction of sp³-hybridized carbons (Fsp3) is 0.174. The van der Waals surface area contributed by atoms with Gasteiger partial charge >= 0.3 is 0 Å². The Bertz CT molecular complexity index is 1290. The van der Waals surface area contributed by atoms with Crippen LogP contribution in [0.4, 0.5) is 15.8 Å². The first-order valence-corrected chi connectivity index (χ1v) is 10.5. The number of pyridine rings is 2.